The van der Waals surface area contributed by atoms with Gasteiger partial charge in [-0.2, -0.15) is 0 Å². The molecule has 7 nitrogen and oxygen atoms in total. The van der Waals surface area contributed by atoms with E-state index in [0.29, 0.717) is 35.8 Å². The number of anilines is 1. The average Bonchev–Trinajstić information content (AvgIpc) is 3.05. The predicted octanol–water partition coefficient (Wildman–Crippen LogP) is 3.77. The van der Waals surface area contributed by atoms with Gasteiger partial charge in [0.25, 0.3) is 0 Å². The van der Waals surface area contributed by atoms with Crippen molar-refractivity contribution in [2.45, 2.75) is 25.8 Å². The lowest BCUT2D eigenvalue weighted by molar-refractivity contribution is -0.146. The summed E-state index contributed by atoms with van der Waals surface area (Å²) in [5.41, 5.74) is 0.544. The van der Waals surface area contributed by atoms with Crippen molar-refractivity contribution in [1.29, 1.82) is 0 Å². The number of rotatable bonds is 6. The number of likely N-dealkylation sites (tertiary alicyclic amines) is 1. The number of allylic oxidation sites excluding steroid dienone is 2. The molecule has 1 saturated heterocycles. The molecule has 0 bridgehead atoms. The number of methoxy groups -OCH3 is 1. The highest BCUT2D eigenvalue weighted by atomic mass is 16.5. The Kier molecular flexibility index (Phi) is 5.75. The maximum atomic E-state index is 12.7. The highest BCUT2D eigenvalue weighted by molar-refractivity contribution is 6.10. The molecular weight excluding hydrogens is 396 g/mol. The molecule has 31 heavy (non-hydrogen) atoms. The molecule has 1 heterocycles. The van der Waals surface area contributed by atoms with Crippen LogP contribution in [0.5, 0.6) is 17.2 Å². The maximum absolute atomic E-state index is 12.7. The Hall–Kier alpha value is -3.61. The van der Waals surface area contributed by atoms with Gasteiger partial charge in [-0.05, 0) is 56.2 Å². The molecule has 2 aliphatic rings. The van der Waals surface area contributed by atoms with Crippen molar-refractivity contribution in [2.24, 2.45) is 11.8 Å². The number of ether oxygens (including phenoxy) is 2. The quantitative estimate of drug-likeness (QED) is 0.568. The molecule has 4 rings (SSSR count). The molecule has 3 atom stereocenters. The summed E-state index contributed by atoms with van der Waals surface area (Å²) in [6.45, 7) is 1.58. The normalized spacial score (nSPS) is 20.9. The van der Waals surface area contributed by atoms with Crippen molar-refractivity contribution in [2.75, 3.05) is 12.4 Å². The first kappa shape index (κ1) is 20.7. The summed E-state index contributed by atoms with van der Waals surface area (Å²) >= 11 is 0. The van der Waals surface area contributed by atoms with Gasteiger partial charge in [-0.3, -0.25) is 19.3 Å². The van der Waals surface area contributed by atoms with Gasteiger partial charge < -0.3 is 14.8 Å². The summed E-state index contributed by atoms with van der Waals surface area (Å²) in [4.78, 5) is 39.2. The minimum Gasteiger partial charge on any atom is -0.493 e. The number of carbonyl (C=O) groups excluding carboxylic acids is 3. The molecule has 3 amide bonds. The van der Waals surface area contributed by atoms with Crippen LogP contribution in [0.15, 0.2) is 60.7 Å². The molecule has 1 fully saturated rings. The third kappa shape index (κ3) is 4.03. The van der Waals surface area contributed by atoms with Crippen LogP contribution in [0.2, 0.25) is 0 Å². The Balaban J connectivity index is 1.40. The van der Waals surface area contributed by atoms with Crippen LogP contribution >= 0.6 is 0 Å². The van der Waals surface area contributed by atoms with Crippen LogP contribution in [0.4, 0.5) is 5.69 Å². The molecule has 1 aliphatic carbocycles. The number of para-hydroxylation sites is 2. The third-order valence-electron chi connectivity index (χ3n) is 5.73. The topological polar surface area (TPSA) is 84.9 Å². The summed E-state index contributed by atoms with van der Waals surface area (Å²) in [5.74, 6) is 0.147. The summed E-state index contributed by atoms with van der Waals surface area (Å²) in [7, 11) is 1.57. The lowest BCUT2D eigenvalue weighted by Crippen LogP contribution is -2.46. The second-order valence-electron chi connectivity index (χ2n) is 7.64. The van der Waals surface area contributed by atoms with E-state index < -0.39 is 11.9 Å². The summed E-state index contributed by atoms with van der Waals surface area (Å²) in [5, 5.41) is 2.77. The molecule has 1 N–H and O–H groups in total. The van der Waals surface area contributed by atoms with Crippen molar-refractivity contribution in [3.8, 4) is 17.2 Å². The van der Waals surface area contributed by atoms with Crippen LogP contribution in [0.3, 0.4) is 0 Å². The van der Waals surface area contributed by atoms with Crippen LogP contribution in [0.1, 0.15) is 19.8 Å². The van der Waals surface area contributed by atoms with Crippen molar-refractivity contribution < 1.29 is 23.9 Å². The number of amides is 3. The van der Waals surface area contributed by atoms with Crippen LogP contribution in [0.25, 0.3) is 0 Å². The van der Waals surface area contributed by atoms with Crippen molar-refractivity contribution in [3.05, 3.63) is 60.7 Å². The lowest BCUT2D eigenvalue weighted by atomic mass is 9.85. The number of nitrogens with one attached hydrogen (secondary N) is 1. The minimum atomic E-state index is -0.880. The third-order valence-corrected chi connectivity index (χ3v) is 5.73. The number of imide groups is 1. The fourth-order valence-corrected chi connectivity index (χ4v) is 4.01. The minimum absolute atomic E-state index is 0.262. The van der Waals surface area contributed by atoms with E-state index in [-0.39, 0.29) is 23.7 Å². The first-order valence-corrected chi connectivity index (χ1v) is 10.2. The van der Waals surface area contributed by atoms with Crippen LogP contribution in [0, 0.1) is 11.8 Å². The Morgan fingerprint density at radius 3 is 2.13 bits per heavy atom. The molecule has 2 aromatic rings. The molecule has 0 aromatic heterocycles. The van der Waals surface area contributed by atoms with Gasteiger partial charge in [-0.25, -0.2) is 0 Å². The summed E-state index contributed by atoms with van der Waals surface area (Å²) < 4.78 is 11.1. The zero-order chi connectivity index (χ0) is 22.0. The Morgan fingerprint density at radius 1 is 0.968 bits per heavy atom. The number of hydrogen-bond acceptors (Lipinski definition) is 5. The standard InChI is InChI=1S/C24H24N2O5/c1-15(26-23(28)18-7-3-4-8-19(18)24(26)29)22(27)25-16-11-13-17(14-12-16)31-21-10-6-5-9-20(21)30-2/h3-6,9-15,18-19H,7-8H2,1-2H3,(H,25,27)/t15-,18?,19?/m0/s1. The maximum Gasteiger partial charge on any atom is 0.247 e. The van der Waals surface area contributed by atoms with E-state index in [4.69, 9.17) is 9.47 Å². The van der Waals surface area contributed by atoms with Gasteiger partial charge >= 0.3 is 0 Å². The van der Waals surface area contributed by atoms with E-state index in [1.807, 2.05) is 24.3 Å². The molecule has 0 saturated carbocycles. The highest BCUT2D eigenvalue weighted by Gasteiger charge is 2.50. The van der Waals surface area contributed by atoms with E-state index in [0.717, 1.165) is 4.90 Å². The molecule has 2 unspecified atom stereocenters. The monoisotopic (exact) mass is 420 g/mol. The SMILES string of the molecule is COc1ccccc1Oc1ccc(NC(=O)[C@H](C)N2C(=O)C3CC=CCC3C2=O)cc1. The van der Waals surface area contributed by atoms with Crippen molar-refractivity contribution in [3.63, 3.8) is 0 Å². The number of hydrogen-bond donors (Lipinski definition) is 1. The van der Waals surface area contributed by atoms with E-state index in [1.165, 1.54) is 0 Å². The van der Waals surface area contributed by atoms with Crippen molar-refractivity contribution in [1.82, 2.24) is 4.90 Å². The first-order chi connectivity index (χ1) is 15.0. The van der Waals surface area contributed by atoms with Crippen LogP contribution < -0.4 is 14.8 Å². The highest BCUT2D eigenvalue weighted by Crippen LogP contribution is 2.36. The zero-order valence-corrected chi connectivity index (χ0v) is 17.4. The van der Waals surface area contributed by atoms with Crippen molar-refractivity contribution >= 4 is 23.4 Å². The number of nitrogens with zero attached hydrogens (tertiary/aromatic N) is 1. The summed E-state index contributed by atoms with van der Waals surface area (Å²) in [6.07, 6.45) is 4.95. The van der Waals surface area contributed by atoms with Gasteiger partial charge in [0.15, 0.2) is 11.5 Å². The van der Waals surface area contributed by atoms with Gasteiger partial charge in [-0.1, -0.05) is 24.3 Å². The van der Waals surface area contributed by atoms with Crippen LogP contribution in [-0.2, 0) is 14.4 Å². The van der Waals surface area contributed by atoms with Crippen LogP contribution in [-0.4, -0.2) is 35.8 Å². The molecule has 1 aliphatic heterocycles. The molecule has 7 heteroatoms. The average molecular weight is 420 g/mol. The number of fused-ring (bicyclic) bond motifs is 1. The number of carbonyl (C=O) groups is 3. The lowest BCUT2D eigenvalue weighted by Gasteiger charge is -2.22. The van der Waals surface area contributed by atoms with Gasteiger partial charge in [0.05, 0.1) is 18.9 Å². The molecule has 2 aromatic carbocycles. The zero-order valence-electron chi connectivity index (χ0n) is 17.4. The van der Waals surface area contributed by atoms with Gasteiger partial charge in [0, 0.05) is 5.69 Å². The van der Waals surface area contributed by atoms with E-state index in [2.05, 4.69) is 5.32 Å². The van der Waals surface area contributed by atoms with E-state index in [9.17, 15) is 14.4 Å². The number of benzene rings is 2. The molecular formula is C24H24N2O5. The Bertz CT molecular complexity index is 1000. The summed E-state index contributed by atoms with van der Waals surface area (Å²) in [6, 6.07) is 13.3. The van der Waals surface area contributed by atoms with E-state index in [1.54, 1.807) is 50.4 Å². The molecule has 160 valence electrons. The smallest absolute Gasteiger partial charge is 0.247 e. The van der Waals surface area contributed by atoms with Gasteiger partial charge in [-0.15, -0.1) is 0 Å². The Morgan fingerprint density at radius 2 is 1.55 bits per heavy atom. The largest absolute Gasteiger partial charge is 0.493 e. The molecule has 0 spiro atoms. The first-order valence-electron chi connectivity index (χ1n) is 10.2. The van der Waals surface area contributed by atoms with E-state index >= 15 is 0 Å². The second kappa shape index (κ2) is 8.63. The second-order valence-corrected chi connectivity index (χ2v) is 7.64. The fraction of sp³-hybridized carbons (Fsp3) is 0.292. The Labute approximate surface area is 180 Å². The van der Waals surface area contributed by atoms with Gasteiger partial charge in [0.2, 0.25) is 17.7 Å². The van der Waals surface area contributed by atoms with Gasteiger partial charge in [0.1, 0.15) is 11.8 Å². The predicted molar refractivity (Wildman–Crippen MR) is 115 cm³/mol. The fourth-order valence-electron chi connectivity index (χ4n) is 4.01. The molecule has 0 radical (unpaired) electrons.